The molecule has 0 amide bonds. The summed E-state index contributed by atoms with van der Waals surface area (Å²) in [7, 11) is 0. The molecule has 0 bridgehead atoms. The molecule has 21 heavy (non-hydrogen) atoms. The zero-order valence-corrected chi connectivity index (χ0v) is 10.7. The van der Waals surface area contributed by atoms with Gasteiger partial charge in [0, 0.05) is 16.8 Å². The summed E-state index contributed by atoms with van der Waals surface area (Å²) in [6.07, 6.45) is 0. The molecule has 3 aromatic rings. The Labute approximate surface area is 118 Å². The summed E-state index contributed by atoms with van der Waals surface area (Å²) >= 11 is 0. The van der Waals surface area contributed by atoms with Crippen molar-refractivity contribution in [3.05, 3.63) is 42.5 Å². The van der Waals surface area contributed by atoms with E-state index in [-0.39, 0.29) is 0 Å². The van der Waals surface area contributed by atoms with Gasteiger partial charge in [-0.15, -0.1) is 0 Å². The van der Waals surface area contributed by atoms with Gasteiger partial charge in [0.15, 0.2) is 0 Å². The van der Waals surface area contributed by atoms with Crippen LogP contribution in [-0.2, 0) is 4.79 Å². The first-order valence-electron chi connectivity index (χ1n) is 6.07. The standard InChI is InChI=1S/C15H9N3O3/c16-8-12(15(19)20)18-17-9-5-6-11-10-3-1-2-4-13(10)21-14(11)7-9/h1-7,17H,(H,19,20)/b18-12+. The van der Waals surface area contributed by atoms with E-state index in [1.807, 2.05) is 30.3 Å². The van der Waals surface area contributed by atoms with Gasteiger partial charge in [0.05, 0.1) is 5.69 Å². The number of para-hydroxylation sites is 1. The molecule has 2 N–H and O–H groups in total. The number of hydrogen-bond donors (Lipinski definition) is 2. The second-order valence-electron chi connectivity index (χ2n) is 4.30. The zero-order chi connectivity index (χ0) is 14.8. The monoisotopic (exact) mass is 279 g/mol. The highest BCUT2D eigenvalue weighted by Gasteiger charge is 2.09. The fraction of sp³-hybridized carbons (Fsp3) is 0. The van der Waals surface area contributed by atoms with Crippen molar-refractivity contribution in [3.63, 3.8) is 0 Å². The number of benzene rings is 2. The number of carbonyl (C=O) groups is 1. The van der Waals surface area contributed by atoms with Crippen LogP contribution >= 0.6 is 0 Å². The van der Waals surface area contributed by atoms with Crippen LogP contribution < -0.4 is 5.43 Å². The minimum Gasteiger partial charge on any atom is -0.476 e. The average Bonchev–Trinajstić information content (AvgIpc) is 2.85. The molecule has 0 unspecified atom stereocenters. The summed E-state index contributed by atoms with van der Waals surface area (Å²) in [4.78, 5) is 10.7. The normalized spacial score (nSPS) is 11.5. The van der Waals surface area contributed by atoms with Crippen LogP contribution in [0.25, 0.3) is 21.9 Å². The van der Waals surface area contributed by atoms with Crippen LogP contribution in [0.4, 0.5) is 5.69 Å². The maximum absolute atomic E-state index is 10.7. The fourth-order valence-corrected chi connectivity index (χ4v) is 2.04. The minimum absolute atomic E-state index is 0.538. The van der Waals surface area contributed by atoms with E-state index in [4.69, 9.17) is 14.8 Å². The van der Waals surface area contributed by atoms with Gasteiger partial charge >= 0.3 is 5.97 Å². The molecule has 0 fully saturated rings. The SMILES string of the molecule is N#C/C(=N\Nc1ccc2c(c1)oc1ccccc12)C(=O)O. The molecule has 3 rings (SSSR count). The minimum atomic E-state index is -1.38. The van der Waals surface area contributed by atoms with Gasteiger partial charge in [0.25, 0.3) is 0 Å². The molecule has 0 radical (unpaired) electrons. The molecular formula is C15H9N3O3. The van der Waals surface area contributed by atoms with Gasteiger partial charge in [-0.1, -0.05) is 18.2 Å². The average molecular weight is 279 g/mol. The third-order valence-corrected chi connectivity index (χ3v) is 2.98. The summed E-state index contributed by atoms with van der Waals surface area (Å²) < 4.78 is 5.70. The zero-order valence-electron chi connectivity index (χ0n) is 10.7. The highest BCUT2D eigenvalue weighted by molar-refractivity contribution is 6.42. The lowest BCUT2D eigenvalue weighted by Crippen LogP contribution is -2.12. The van der Waals surface area contributed by atoms with E-state index >= 15 is 0 Å². The van der Waals surface area contributed by atoms with Crippen LogP contribution in [0.5, 0.6) is 0 Å². The Kier molecular flexibility index (Phi) is 3.01. The van der Waals surface area contributed by atoms with E-state index in [1.165, 1.54) is 6.07 Å². The van der Waals surface area contributed by atoms with Crippen molar-refractivity contribution in [3.8, 4) is 6.07 Å². The quantitative estimate of drug-likeness (QED) is 0.567. The van der Waals surface area contributed by atoms with E-state index in [0.717, 1.165) is 16.4 Å². The van der Waals surface area contributed by atoms with Crippen molar-refractivity contribution in [1.82, 2.24) is 0 Å². The lowest BCUT2D eigenvalue weighted by Gasteiger charge is -1.99. The van der Waals surface area contributed by atoms with Crippen molar-refractivity contribution in [2.45, 2.75) is 0 Å². The van der Waals surface area contributed by atoms with Crippen LogP contribution in [0, 0.1) is 11.3 Å². The molecule has 0 saturated carbocycles. The highest BCUT2D eigenvalue weighted by Crippen LogP contribution is 2.30. The molecular weight excluding hydrogens is 270 g/mol. The molecule has 102 valence electrons. The van der Waals surface area contributed by atoms with Gasteiger partial charge in [-0.2, -0.15) is 10.4 Å². The number of hydrogen-bond acceptors (Lipinski definition) is 5. The number of anilines is 1. The van der Waals surface area contributed by atoms with Crippen molar-refractivity contribution in [2.24, 2.45) is 5.10 Å². The van der Waals surface area contributed by atoms with Gasteiger partial charge in [-0.05, 0) is 18.2 Å². The van der Waals surface area contributed by atoms with Crippen molar-refractivity contribution >= 4 is 39.3 Å². The maximum atomic E-state index is 10.7. The predicted octanol–water partition coefficient (Wildman–Crippen LogP) is 2.96. The van der Waals surface area contributed by atoms with Crippen molar-refractivity contribution in [2.75, 3.05) is 5.43 Å². The Balaban J connectivity index is 2.00. The predicted molar refractivity (Wildman–Crippen MR) is 78.0 cm³/mol. The third kappa shape index (κ3) is 2.28. The molecule has 0 atom stereocenters. The lowest BCUT2D eigenvalue weighted by atomic mass is 10.1. The highest BCUT2D eigenvalue weighted by atomic mass is 16.4. The Morgan fingerprint density at radius 3 is 2.71 bits per heavy atom. The molecule has 6 nitrogen and oxygen atoms in total. The van der Waals surface area contributed by atoms with Gasteiger partial charge < -0.3 is 9.52 Å². The van der Waals surface area contributed by atoms with Crippen molar-refractivity contribution in [1.29, 1.82) is 5.26 Å². The Hall–Kier alpha value is -3.33. The van der Waals surface area contributed by atoms with Crippen LogP contribution in [0.3, 0.4) is 0 Å². The summed E-state index contributed by atoms with van der Waals surface area (Å²) in [5.41, 5.74) is 3.90. The third-order valence-electron chi connectivity index (χ3n) is 2.98. The number of nitrogens with one attached hydrogen (secondary N) is 1. The summed E-state index contributed by atoms with van der Waals surface area (Å²) in [5, 5.41) is 22.8. The number of nitriles is 1. The molecule has 0 aliphatic heterocycles. The number of carboxylic acid groups (broad SMARTS) is 1. The Morgan fingerprint density at radius 2 is 1.95 bits per heavy atom. The topological polar surface area (TPSA) is 98.6 Å². The second-order valence-corrected chi connectivity index (χ2v) is 4.30. The van der Waals surface area contributed by atoms with Gasteiger partial charge in [-0.25, -0.2) is 4.79 Å². The van der Waals surface area contributed by atoms with Crippen LogP contribution in [0.15, 0.2) is 52.0 Å². The number of fused-ring (bicyclic) bond motifs is 3. The molecule has 0 aliphatic rings. The van der Waals surface area contributed by atoms with E-state index in [0.29, 0.717) is 11.3 Å². The molecule has 1 aromatic heterocycles. The summed E-state index contributed by atoms with van der Waals surface area (Å²) in [6, 6.07) is 14.4. The lowest BCUT2D eigenvalue weighted by molar-refractivity contribution is -0.129. The summed E-state index contributed by atoms with van der Waals surface area (Å²) in [5.74, 6) is -1.38. The molecule has 1 heterocycles. The largest absolute Gasteiger partial charge is 0.476 e. The Morgan fingerprint density at radius 1 is 1.19 bits per heavy atom. The van der Waals surface area contributed by atoms with Crippen LogP contribution in [-0.4, -0.2) is 16.8 Å². The van der Waals surface area contributed by atoms with E-state index in [1.54, 1.807) is 12.1 Å². The molecule has 2 aromatic carbocycles. The van der Waals surface area contributed by atoms with Crippen LogP contribution in [0.2, 0.25) is 0 Å². The van der Waals surface area contributed by atoms with Crippen molar-refractivity contribution < 1.29 is 14.3 Å². The smallest absolute Gasteiger partial charge is 0.367 e. The molecule has 6 heteroatoms. The summed E-state index contributed by atoms with van der Waals surface area (Å²) in [6.45, 7) is 0. The first-order valence-corrected chi connectivity index (χ1v) is 6.07. The number of hydrazone groups is 1. The number of aliphatic carboxylic acids is 1. The van der Waals surface area contributed by atoms with E-state index < -0.39 is 11.7 Å². The number of carboxylic acids is 1. The number of rotatable bonds is 3. The van der Waals surface area contributed by atoms with Gasteiger partial charge in [0.2, 0.25) is 5.71 Å². The van der Waals surface area contributed by atoms with E-state index in [9.17, 15) is 4.79 Å². The first-order chi connectivity index (χ1) is 10.2. The van der Waals surface area contributed by atoms with Gasteiger partial charge in [0.1, 0.15) is 17.2 Å². The first kappa shape index (κ1) is 12.7. The molecule has 0 aliphatic carbocycles. The number of nitrogens with zero attached hydrogens (tertiary/aromatic N) is 2. The molecule has 0 saturated heterocycles. The molecule has 0 spiro atoms. The maximum Gasteiger partial charge on any atom is 0.367 e. The van der Waals surface area contributed by atoms with E-state index in [2.05, 4.69) is 10.5 Å². The number of furan rings is 1. The van der Waals surface area contributed by atoms with Gasteiger partial charge in [-0.3, -0.25) is 5.43 Å². The fourth-order valence-electron chi connectivity index (χ4n) is 2.04. The van der Waals surface area contributed by atoms with Crippen LogP contribution in [0.1, 0.15) is 0 Å². The second kappa shape index (κ2) is 4.98. The Bertz CT molecular complexity index is 919.